The summed E-state index contributed by atoms with van der Waals surface area (Å²) in [6, 6.07) is 0.408. The molecule has 4 heteroatoms. The summed E-state index contributed by atoms with van der Waals surface area (Å²) in [5.41, 5.74) is 5.59. The van der Waals surface area contributed by atoms with Crippen molar-refractivity contribution in [2.45, 2.75) is 26.8 Å². The summed E-state index contributed by atoms with van der Waals surface area (Å²) in [4.78, 5) is 4.05. The van der Waals surface area contributed by atoms with E-state index in [0.717, 1.165) is 18.1 Å². The third-order valence-corrected chi connectivity index (χ3v) is 2.44. The molecule has 1 unspecified atom stereocenters. The SMILES string of the molecule is CCN=C(N)NC(C)CSCC. The van der Waals surface area contributed by atoms with Crippen LogP contribution in [0.15, 0.2) is 4.99 Å². The number of guanidine groups is 1. The molecule has 0 aliphatic heterocycles. The zero-order valence-corrected chi connectivity index (χ0v) is 8.95. The average Bonchev–Trinajstić information content (AvgIpc) is 2.01. The van der Waals surface area contributed by atoms with Gasteiger partial charge in [-0.3, -0.25) is 4.99 Å². The minimum Gasteiger partial charge on any atom is -0.370 e. The molecule has 3 nitrogen and oxygen atoms in total. The highest BCUT2D eigenvalue weighted by atomic mass is 32.2. The summed E-state index contributed by atoms with van der Waals surface area (Å²) in [6.45, 7) is 6.98. The Balaban J connectivity index is 3.53. The number of thioether (sulfide) groups is 1. The summed E-state index contributed by atoms with van der Waals surface area (Å²) in [5, 5.41) is 3.12. The van der Waals surface area contributed by atoms with E-state index < -0.39 is 0 Å². The van der Waals surface area contributed by atoms with Crippen molar-refractivity contribution in [3.05, 3.63) is 0 Å². The van der Waals surface area contributed by atoms with Crippen LogP contribution in [0.25, 0.3) is 0 Å². The van der Waals surface area contributed by atoms with Crippen LogP contribution < -0.4 is 11.1 Å². The van der Waals surface area contributed by atoms with Crippen LogP contribution in [0.4, 0.5) is 0 Å². The van der Waals surface area contributed by atoms with Crippen molar-refractivity contribution >= 4 is 17.7 Å². The van der Waals surface area contributed by atoms with Crippen LogP contribution in [0.2, 0.25) is 0 Å². The van der Waals surface area contributed by atoms with E-state index in [1.54, 1.807) is 0 Å². The van der Waals surface area contributed by atoms with Gasteiger partial charge < -0.3 is 11.1 Å². The molecule has 0 aromatic carbocycles. The quantitative estimate of drug-likeness (QED) is 0.502. The van der Waals surface area contributed by atoms with Crippen molar-refractivity contribution < 1.29 is 0 Å². The Bertz CT molecular complexity index is 136. The van der Waals surface area contributed by atoms with Gasteiger partial charge in [0.2, 0.25) is 0 Å². The van der Waals surface area contributed by atoms with Gasteiger partial charge in [0.15, 0.2) is 5.96 Å². The molecule has 0 aliphatic rings. The lowest BCUT2D eigenvalue weighted by atomic mass is 10.4. The molecule has 72 valence electrons. The Morgan fingerprint density at radius 3 is 2.75 bits per heavy atom. The first-order chi connectivity index (χ1) is 5.70. The van der Waals surface area contributed by atoms with Gasteiger partial charge in [-0.15, -0.1) is 0 Å². The first-order valence-electron chi connectivity index (χ1n) is 4.34. The van der Waals surface area contributed by atoms with E-state index in [4.69, 9.17) is 5.73 Å². The number of nitrogens with two attached hydrogens (primary N) is 1. The van der Waals surface area contributed by atoms with Gasteiger partial charge in [0.05, 0.1) is 0 Å². The summed E-state index contributed by atoms with van der Waals surface area (Å²) in [7, 11) is 0. The largest absolute Gasteiger partial charge is 0.370 e. The lowest BCUT2D eigenvalue weighted by Gasteiger charge is -2.12. The smallest absolute Gasteiger partial charge is 0.188 e. The highest BCUT2D eigenvalue weighted by Crippen LogP contribution is 2.00. The van der Waals surface area contributed by atoms with Crippen molar-refractivity contribution in [2.75, 3.05) is 18.1 Å². The van der Waals surface area contributed by atoms with Crippen LogP contribution in [0.5, 0.6) is 0 Å². The van der Waals surface area contributed by atoms with Crippen molar-refractivity contribution in [1.82, 2.24) is 5.32 Å². The maximum absolute atomic E-state index is 5.59. The number of rotatable bonds is 5. The molecule has 0 fully saturated rings. The van der Waals surface area contributed by atoms with Crippen molar-refractivity contribution in [3.8, 4) is 0 Å². The molecule has 0 aliphatic carbocycles. The van der Waals surface area contributed by atoms with E-state index in [9.17, 15) is 0 Å². The average molecular weight is 189 g/mol. The van der Waals surface area contributed by atoms with Gasteiger partial charge in [0, 0.05) is 18.3 Å². The summed E-state index contributed by atoms with van der Waals surface area (Å²) in [5.74, 6) is 2.79. The van der Waals surface area contributed by atoms with E-state index in [0.29, 0.717) is 12.0 Å². The molecule has 0 bridgehead atoms. The Morgan fingerprint density at radius 1 is 1.58 bits per heavy atom. The third-order valence-electron chi connectivity index (χ3n) is 1.29. The van der Waals surface area contributed by atoms with Gasteiger partial charge in [-0.25, -0.2) is 0 Å². The second-order valence-electron chi connectivity index (χ2n) is 2.56. The number of hydrogen-bond acceptors (Lipinski definition) is 2. The van der Waals surface area contributed by atoms with Crippen molar-refractivity contribution in [1.29, 1.82) is 0 Å². The van der Waals surface area contributed by atoms with Gasteiger partial charge in [0.25, 0.3) is 0 Å². The lowest BCUT2D eigenvalue weighted by Crippen LogP contribution is -2.39. The predicted octanol–water partition coefficient (Wildman–Crippen LogP) is 1.05. The second kappa shape index (κ2) is 7.28. The van der Waals surface area contributed by atoms with Gasteiger partial charge in [-0.05, 0) is 19.6 Å². The standard InChI is InChI=1S/C8H19N3S/c1-4-10-8(9)11-7(3)6-12-5-2/h7H,4-6H2,1-3H3,(H3,9,10,11). The minimum atomic E-state index is 0.408. The summed E-state index contributed by atoms with van der Waals surface area (Å²) >= 11 is 1.90. The van der Waals surface area contributed by atoms with Crippen LogP contribution in [0.3, 0.4) is 0 Å². The van der Waals surface area contributed by atoms with Crippen LogP contribution >= 0.6 is 11.8 Å². The Kier molecular flexibility index (Phi) is 7.05. The minimum absolute atomic E-state index is 0.408. The maximum atomic E-state index is 5.59. The molecule has 0 spiro atoms. The fourth-order valence-electron chi connectivity index (χ4n) is 0.805. The fraction of sp³-hybridized carbons (Fsp3) is 0.875. The van der Waals surface area contributed by atoms with E-state index in [-0.39, 0.29) is 0 Å². The third kappa shape index (κ3) is 6.34. The maximum Gasteiger partial charge on any atom is 0.188 e. The first-order valence-corrected chi connectivity index (χ1v) is 5.50. The monoisotopic (exact) mass is 189 g/mol. The molecule has 0 aromatic heterocycles. The summed E-state index contributed by atoms with van der Waals surface area (Å²) in [6.07, 6.45) is 0. The first kappa shape index (κ1) is 11.6. The highest BCUT2D eigenvalue weighted by molar-refractivity contribution is 7.99. The Hall–Kier alpha value is -0.380. The molecule has 0 saturated heterocycles. The van der Waals surface area contributed by atoms with E-state index in [2.05, 4.69) is 24.2 Å². The van der Waals surface area contributed by atoms with E-state index in [1.807, 2.05) is 18.7 Å². The number of hydrogen-bond donors (Lipinski definition) is 2. The zero-order chi connectivity index (χ0) is 9.40. The molecule has 0 heterocycles. The Labute approximate surface area is 79.2 Å². The van der Waals surface area contributed by atoms with Crippen LogP contribution in [0, 0.1) is 0 Å². The fourth-order valence-corrected chi connectivity index (χ4v) is 1.48. The number of nitrogens with one attached hydrogen (secondary N) is 1. The molecular weight excluding hydrogens is 170 g/mol. The molecule has 0 rings (SSSR count). The van der Waals surface area contributed by atoms with Gasteiger partial charge in [-0.2, -0.15) is 11.8 Å². The molecule has 0 radical (unpaired) electrons. The van der Waals surface area contributed by atoms with Gasteiger partial charge in [0.1, 0.15) is 0 Å². The second-order valence-corrected chi connectivity index (χ2v) is 3.88. The molecule has 3 N–H and O–H groups in total. The molecule has 12 heavy (non-hydrogen) atoms. The molecule has 1 atom stereocenters. The van der Waals surface area contributed by atoms with Crippen LogP contribution in [-0.2, 0) is 0 Å². The van der Waals surface area contributed by atoms with E-state index in [1.165, 1.54) is 0 Å². The molecular formula is C8H19N3S. The number of aliphatic imine (C=N–C) groups is 1. The van der Waals surface area contributed by atoms with Crippen LogP contribution in [0.1, 0.15) is 20.8 Å². The molecule has 0 saturated carbocycles. The van der Waals surface area contributed by atoms with Crippen molar-refractivity contribution in [3.63, 3.8) is 0 Å². The van der Waals surface area contributed by atoms with Gasteiger partial charge >= 0.3 is 0 Å². The number of nitrogens with zero attached hydrogens (tertiary/aromatic N) is 1. The topological polar surface area (TPSA) is 50.4 Å². The molecule has 0 amide bonds. The predicted molar refractivity (Wildman–Crippen MR) is 57.8 cm³/mol. The molecule has 0 aromatic rings. The zero-order valence-electron chi connectivity index (χ0n) is 8.13. The van der Waals surface area contributed by atoms with Gasteiger partial charge in [-0.1, -0.05) is 6.92 Å². The Morgan fingerprint density at radius 2 is 2.25 bits per heavy atom. The van der Waals surface area contributed by atoms with Crippen LogP contribution in [-0.4, -0.2) is 30.1 Å². The highest BCUT2D eigenvalue weighted by Gasteiger charge is 2.00. The van der Waals surface area contributed by atoms with Crippen molar-refractivity contribution in [2.24, 2.45) is 10.7 Å². The normalized spacial score (nSPS) is 14.4. The van der Waals surface area contributed by atoms with E-state index >= 15 is 0 Å². The summed E-state index contributed by atoms with van der Waals surface area (Å²) < 4.78 is 0. The lowest BCUT2D eigenvalue weighted by molar-refractivity contribution is 0.735.